The van der Waals surface area contributed by atoms with Crippen LogP contribution in [0.1, 0.15) is 34.2 Å². The Labute approximate surface area is 185 Å². The molecule has 0 atom stereocenters. The van der Waals surface area contributed by atoms with E-state index in [0.29, 0.717) is 31.1 Å². The normalized spacial score (nSPS) is 17.5. The highest BCUT2D eigenvalue weighted by Gasteiger charge is 2.30. The zero-order valence-corrected chi connectivity index (χ0v) is 19.4. The summed E-state index contributed by atoms with van der Waals surface area (Å²) in [4.78, 5) is 15.0. The van der Waals surface area contributed by atoms with Crippen LogP contribution in [0.15, 0.2) is 35.2 Å². The van der Waals surface area contributed by atoms with Crippen molar-refractivity contribution >= 4 is 21.6 Å². The number of amides is 1. The predicted octanol–water partition coefficient (Wildman–Crippen LogP) is 3.05. The van der Waals surface area contributed by atoms with Crippen molar-refractivity contribution in [1.29, 1.82) is 0 Å². The van der Waals surface area contributed by atoms with Crippen LogP contribution in [0.3, 0.4) is 0 Å². The molecule has 2 aromatic rings. The summed E-state index contributed by atoms with van der Waals surface area (Å²) in [5.41, 5.74) is 6.58. The van der Waals surface area contributed by atoms with Gasteiger partial charge in [-0.2, -0.15) is 4.31 Å². The van der Waals surface area contributed by atoms with E-state index < -0.39 is 10.0 Å². The van der Waals surface area contributed by atoms with Gasteiger partial charge >= 0.3 is 0 Å². The van der Waals surface area contributed by atoms with Crippen LogP contribution in [-0.2, 0) is 27.7 Å². The highest BCUT2D eigenvalue weighted by Crippen LogP contribution is 2.27. The molecule has 1 heterocycles. The molecule has 31 heavy (non-hydrogen) atoms. The van der Waals surface area contributed by atoms with Crippen LogP contribution in [0.5, 0.6) is 0 Å². The number of aryl methyl sites for hydroxylation is 5. The van der Waals surface area contributed by atoms with E-state index in [2.05, 4.69) is 17.4 Å². The molecular formula is C24H31N3O3S. The summed E-state index contributed by atoms with van der Waals surface area (Å²) < 4.78 is 27.7. The molecule has 166 valence electrons. The van der Waals surface area contributed by atoms with Crippen molar-refractivity contribution in [3.8, 4) is 0 Å². The Bertz CT molecular complexity index is 1080. The van der Waals surface area contributed by atoms with Crippen LogP contribution in [0, 0.1) is 20.8 Å². The number of carbonyl (C=O) groups is 1. The van der Waals surface area contributed by atoms with Crippen molar-refractivity contribution in [3.05, 3.63) is 58.1 Å². The Morgan fingerprint density at radius 3 is 2.26 bits per heavy atom. The molecule has 1 N–H and O–H groups in total. The molecule has 0 bridgehead atoms. The first-order valence-corrected chi connectivity index (χ1v) is 12.4. The second-order valence-corrected chi connectivity index (χ2v) is 10.7. The summed E-state index contributed by atoms with van der Waals surface area (Å²) >= 11 is 0. The van der Waals surface area contributed by atoms with Gasteiger partial charge in [0.1, 0.15) is 0 Å². The highest BCUT2D eigenvalue weighted by atomic mass is 32.2. The quantitative estimate of drug-likeness (QED) is 0.774. The fourth-order valence-corrected chi connectivity index (χ4v) is 6.22. The molecule has 2 aromatic carbocycles. The van der Waals surface area contributed by atoms with E-state index in [9.17, 15) is 13.2 Å². The number of anilines is 1. The van der Waals surface area contributed by atoms with Crippen molar-refractivity contribution in [2.75, 3.05) is 38.0 Å². The maximum atomic E-state index is 13.1. The maximum absolute atomic E-state index is 13.1. The Balaban J connectivity index is 1.35. The molecule has 6 nitrogen and oxygen atoms in total. The number of benzene rings is 2. The van der Waals surface area contributed by atoms with Crippen LogP contribution in [0.25, 0.3) is 0 Å². The van der Waals surface area contributed by atoms with Crippen molar-refractivity contribution in [2.24, 2.45) is 0 Å². The maximum Gasteiger partial charge on any atom is 0.243 e. The van der Waals surface area contributed by atoms with Gasteiger partial charge in [0.2, 0.25) is 15.9 Å². The number of nitrogens with zero attached hydrogens (tertiary/aromatic N) is 2. The lowest BCUT2D eigenvalue weighted by Crippen LogP contribution is -2.50. The Kier molecular flexibility index (Phi) is 6.19. The Hall–Kier alpha value is -2.22. The summed E-state index contributed by atoms with van der Waals surface area (Å²) in [5, 5.41) is 3.03. The third-order valence-electron chi connectivity index (χ3n) is 6.35. The molecule has 1 fully saturated rings. The minimum Gasteiger partial charge on any atom is -0.324 e. The topological polar surface area (TPSA) is 69.7 Å². The monoisotopic (exact) mass is 441 g/mol. The third-order valence-corrected chi connectivity index (χ3v) is 8.24. The summed E-state index contributed by atoms with van der Waals surface area (Å²) in [6.45, 7) is 8.19. The fraction of sp³-hybridized carbons (Fsp3) is 0.458. The van der Waals surface area contributed by atoms with Gasteiger partial charge in [-0.25, -0.2) is 8.42 Å². The lowest BCUT2D eigenvalue weighted by atomic mass is 10.1. The summed E-state index contributed by atoms with van der Waals surface area (Å²) in [6.07, 6.45) is 3.10. The van der Waals surface area contributed by atoms with Crippen molar-refractivity contribution < 1.29 is 13.2 Å². The second kappa shape index (κ2) is 8.73. The summed E-state index contributed by atoms with van der Waals surface area (Å²) in [5.74, 6) is -0.0648. The zero-order chi connectivity index (χ0) is 22.2. The highest BCUT2D eigenvalue weighted by molar-refractivity contribution is 7.89. The molecule has 1 saturated heterocycles. The molecule has 0 radical (unpaired) electrons. The Morgan fingerprint density at radius 2 is 1.58 bits per heavy atom. The molecule has 7 heteroatoms. The first-order chi connectivity index (χ1) is 14.7. The number of fused-ring (bicyclic) bond motifs is 1. The predicted molar refractivity (Wildman–Crippen MR) is 123 cm³/mol. The van der Waals surface area contributed by atoms with Gasteiger partial charge in [0.05, 0.1) is 11.4 Å². The van der Waals surface area contributed by atoms with E-state index in [0.717, 1.165) is 41.6 Å². The van der Waals surface area contributed by atoms with Gasteiger partial charge in [0, 0.05) is 31.9 Å². The average Bonchev–Trinajstić information content (AvgIpc) is 3.19. The average molecular weight is 442 g/mol. The van der Waals surface area contributed by atoms with E-state index in [-0.39, 0.29) is 12.5 Å². The number of hydrogen-bond donors (Lipinski definition) is 1. The lowest BCUT2D eigenvalue weighted by molar-refractivity contribution is -0.117. The van der Waals surface area contributed by atoms with Crippen LogP contribution >= 0.6 is 0 Å². The first-order valence-electron chi connectivity index (χ1n) is 11.0. The molecule has 0 unspecified atom stereocenters. The number of carbonyl (C=O) groups excluding carboxylic acids is 1. The molecule has 4 rings (SSSR count). The van der Waals surface area contributed by atoms with Crippen molar-refractivity contribution in [2.45, 2.75) is 44.9 Å². The summed E-state index contributed by atoms with van der Waals surface area (Å²) in [7, 11) is -3.49. The minimum absolute atomic E-state index is 0.0648. The van der Waals surface area contributed by atoms with Crippen LogP contribution in [0.2, 0.25) is 0 Å². The van der Waals surface area contributed by atoms with Crippen molar-refractivity contribution in [3.63, 3.8) is 0 Å². The van der Waals surface area contributed by atoms with E-state index in [1.165, 1.54) is 11.1 Å². The van der Waals surface area contributed by atoms with E-state index in [1.54, 1.807) is 10.4 Å². The van der Waals surface area contributed by atoms with Gasteiger partial charge in [-0.3, -0.25) is 9.69 Å². The number of piperazine rings is 1. The van der Waals surface area contributed by atoms with Gasteiger partial charge in [-0.05, 0) is 74.4 Å². The largest absolute Gasteiger partial charge is 0.324 e. The SMILES string of the molecule is Cc1cc(C)c(NC(=O)CN2CCN(S(=O)(=O)c3ccc4c(c3)CCC4)CC2)c(C)c1. The molecule has 1 aliphatic heterocycles. The Morgan fingerprint density at radius 1 is 0.935 bits per heavy atom. The van der Waals surface area contributed by atoms with Gasteiger partial charge in [-0.15, -0.1) is 0 Å². The molecule has 1 aliphatic carbocycles. The molecule has 1 amide bonds. The number of sulfonamides is 1. The molecule has 0 aromatic heterocycles. The second-order valence-electron chi connectivity index (χ2n) is 8.79. The zero-order valence-electron chi connectivity index (χ0n) is 18.6. The number of hydrogen-bond acceptors (Lipinski definition) is 4. The van der Waals surface area contributed by atoms with Gasteiger partial charge < -0.3 is 5.32 Å². The van der Waals surface area contributed by atoms with Crippen LogP contribution < -0.4 is 5.32 Å². The standard InChI is InChI=1S/C24H31N3O3S/c1-17-13-18(2)24(19(3)14-17)25-23(28)16-26-9-11-27(12-10-26)31(29,30)22-8-7-20-5-4-6-21(20)15-22/h7-8,13-15H,4-6,9-12,16H2,1-3H3,(H,25,28). The van der Waals surface area contributed by atoms with E-state index in [4.69, 9.17) is 0 Å². The molecular weight excluding hydrogens is 410 g/mol. The van der Waals surface area contributed by atoms with Crippen molar-refractivity contribution in [1.82, 2.24) is 9.21 Å². The third kappa shape index (κ3) is 4.68. The first kappa shape index (κ1) is 22.0. The molecule has 0 saturated carbocycles. The van der Waals surface area contributed by atoms with E-state index >= 15 is 0 Å². The minimum atomic E-state index is -3.49. The molecule has 0 spiro atoms. The number of nitrogens with one attached hydrogen (secondary N) is 1. The molecule has 2 aliphatic rings. The van der Waals surface area contributed by atoms with Crippen LogP contribution in [-0.4, -0.2) is 56.3 Å². The summed E-state index contributed by atoms with van der Waals surface area (Å²) in [6, 6.07) is 9.68. The fourth-order valence-electron chi connectivity index (χ4n) is 4.74. The van der Waals surface area contributed by atoms with Gasteiger partial charge in [0.15, 0.2) is 0 Å². The van der Waals surface area contributed by atoms with Gasteiger partial charge in [-0.1, -0.05) is 23.8 Å². The number of rotatable bonds is 5. The van der Waals surface area contributed by atoms with E-state index in [1.807, 2.05) is 37.8 Å². The van der Waals surface area contributed by atoms with Crippen LogP contribution in [0.4, 0.5) is 5.69 Å². The van der Waals surface area contributed by atoms with Gasteiger partial charge in [0.25, 0.3) is 0 Å². The lowest BCUT2D eigenvalue weighted by Gasteiger charge is -2.33. The smallest absolute Gasteiger partial charge is 0.243 e.